The van der Waals surface area contributed by atoms with Crippen LogP contribution in [-0.4, -0.2) is 36.7 Å². The highest BCUT2D eigenvalue weighted by atomic mass is 32.1. The van der Waals surface area contributed by atoms with Gasteiger partial charge in [0.25, 0.3) is 11.8 Å². The van der Waals surface area contributed by atoms with Gasteiger partial charge >= 0.3 is 0 Å². The van der Waals surface area contributed by atoms with Crippen LogP contribution in [0.1, 0.15) is 23.6 Å². The topological polar surface area (TPSA) is 85.9 Å². The fourth-order valence-electron chi connectivity index (χ4n) is 2.89. The van der Waals surface area contributed by atoms with Crippen LogP contribution >= 0.6 is 12.2 Å². The van der Waals surface area contributed by atoms with E-state index in [1.165, 1.54) is 17.2 Å². The van der Waals surface area contributed by atoms with Crippen molar-refractivity contribution in [3.05, 3.63) is 58.7 Å². The van der Waals surface area contributed by atoms with E-state index in [9.17, 15) is 9.59 Å². The maximum Gasteiger partial charge on any atom is 0.263 e. The Hall–Kier alpha value is -3.39. The van der Waals surface area contributed by atoms with E-state index < -0.39 is 11.8 Å². The average molecular weight is 441 g/mol. The van der Waals surface area contributed by atoms with E-state index in [1.807, 2.05) is 32.0 Å². The Bertz CT molecular complexity index is 1030. The summed E-state index contributed by atoms with van der Waals surface area (Å²) in [6.45, 7) is 7.10. The second-order valence-corrected chi connectivity index (χ2v) is 7.29. The van der Waals surface area contributed by atoms with Gasteiger partial charge in [-0.1, -0.05) is 12.1 Å². The zero-order valence-corrected chi connectivity index (χ0v) is 18.4. The maximum absolute atomic E-state index is 12.0. The van der Waals surface area contributed by atoms with E-state index in [4.69, 9.17) is 26.4 Å². The second-order valence-electron chi connectivity index (χ2n) is 6.88. The molecule has 1 saturated heterocycles. The van der Waals surface area contributed by atoms with Crippen LogP contribution in [-0.2, 0) is 9.59 Å². The van der Waals surface area contributed by atoms with Gasteiger partial charge in [0.2, 0.25) is 0 Å². The number of hydrogen-bond donors (Lipinski definition) is 2. The smallest absolute Gasteiger partial charge is 0.263 e. The van der Waals surface area contributed by atoms with Crippen LogP contribution in [0.3, 0.4) is 0 Å². The molecule has 162 valence electrons. The molecule has 1 aliphatic rings. The highest BCUT2D eigenvalue weighted by Gasteiger charge is 2.25. The molecule has 0 saturated carbocycles. The van der Waals surface area contributed by atoms with E-state index in [2.05, 4.69) is 17.6 Å². The van der Waals surface area contributed by atoms with Crippen molar-refractivity contribution in [2.45, 2.75) is 20.8 Å². The van der Waals surface area contributed by atoms with Crippen LogP contribution in [0.15, 0.2) is 42.0 Å². The Balaban J connectivity index is 1.66. The molecular weight excluding hydrogens is 416 g/mol. The van der Waals surface area contributed by atoms with Gasteiger partial charge in [-0.2, -0.15) is 0 Å². The summed E-state index contributed by atoms with van der Waals surface area (Å²) in [4.78, 5) is 24.1. The number of ether oxygens (including phenoxy) is 3. The van der Waals surface area contributed by atoms with Gasteiger partial charge in [-0.15, -0.1) is 0 Å². The number of nitrogens with one attached hydrogen (secondary N) is 2. The molecule has 2 N–H and O–H groups in total. The first-order valence-corrected chi connectivity index (χ1v) is 10.3. The molecule has 1 heterocycles. The van der Waals surface area contributed by atoms with Crippen LogP contribution in [0.4, 0.5) is 0 Å². The number of hydrogen-bond acceptors (Lipinski definition) is 6. The summed E-state index contributed by atoms with van der Waals surface area (Å²) in [5, 5.41) is 4.81. The van der Waals surface area contributed by atoms with E-state index in [-0.39, 0.29) is 10.7 Å². The Kier molecular flexibility index (Phi) is 7.25. The normalized spacial score (nSPS) is 13.4. The lowest BCUT2D eigenvalue weighted by atomic mass is 10.1. The quantitative estimate of drug-likeness (QED) is 0.284. The van der Waals surface area contributed by atoms with Crippen molar-refractivity contribution in [3.63, 3.8) is 0 Å². The van der Waals surface area contributed by atoms with Gasteiger partial charge in [-0.25, -0.2) is 0 Å². The van der Waals surface area contributed by atoms with Crippen molar-refractivity contribution in [2.24, 2.45) is 0 Å². The highest BCUT2D eigenvalue weighted by molar-refractivity contribution is 7.80. The number of carbonyl (C=O) groups is 2. The molecule has 2 aromatic carbocycles. The minimum Gasteiger partial charge on any atom is -0.490 e. The number of thiocarbonyl (C=S) groups is 1. The first-order chi connectivity index (χ1) is 14.9. The summed E-state index contributed by atoms with van der Waals surface area (Å²) in [6, 6.07) is 11.1. The molecule has 1 aliphatic heterocycles. The van der Waals surface area contributed by atoms with Crippen molar-refractivity contribution in [3.8, 4) is 17.2 Å². The third-order valence-corrected chi connectivity index (χ3v) is 4.81. The Morgan fingerprint density at radius 1 is 0.871 bits per heavy atom. The van der Waals surface area contributed by atoms with Crippen molar-refractivity contribution < 1.29 is 23.8 Å². The van der Waals surface area contributed by atoms with Crippen molar-refractivity contribution >= 4 is 35.2 Å². The van der Waals surface area contributed by atoms with Gasteiger partial charge in [0.1, 0.15) is 24.5 Å². The van der Waals surface area contributed by atoms with E-state index >= 15 is 0 Å². The fraction of sp³-hybridized carbons (Fsp3) is 0.261. The first-order valence-electron chi connectivity index (χ1n) is 9.85. The maximum atomic E-state index is 12.0. The minimum atomic E-state index is -0.546. The lowest BCUT2D eigenvalue weighted by Crippen LogP contribution is -2.51. The van der Waals surface area contributed by atoms with Gasteiger partial charge in [0, 0.05) is 0 Å². The molecule has 8 heteroatoms. The Morgan fingerprint density at radius 2 is 1.58 bits per heavy atom. The first kappa shape index (κ1) is 22.3. The van der Waals surface area contributed by atoms with E-state index in [0.29, 0.717) is 36.9 Å². The third-order valence-electron chi connectivity index (χ3n) is 4.61. The molecule has 0 aliphatic carbocycles. The van der Waals surface area contributed by atoms with Crippen LogP contribution in [0, 0.1) is 13.8 Å². The molecule has 31 heavy (non-hydrogen) atoms. The van der Waals surface area contributed by atoms with Crippen molar-refractivity contribution in [2.75, 3.05) is 19.8 Å². The molecule has 3 rings (SSSR count). The van der Waals surface area contributed by atoms with Gasteiger partial charge in [0.15, 0.2) is 16.6 Å². The molecule has 0 unspecified atom stereocenters. The molecule has 1 fully saturated rings. The predicted molar refractivity (Wildman–Crippen MR) is 121 cm³/mol. The summed E-state index contributed by atoms with van der Waals surface area (Å²) in [5.41, 5.74) is 2.97. The van der Waals surface area contributed by atoms with Gasteiger partial charge in [-0.3, -0.25) is 20.2 Å². The number of aryl methyl sites for hydroxylation is 2. The zero-order valence-electron chi connectivity index (χ0n) is 17.6. The standard InChI is InChI=1S/C23H24N2O5S/c1-4-28-20-13-16(12-18-21(26)24-23(31)25-22(18)27)6-8-19(20)30-10-9-29-17-7-5-14(2)15(3)11-17/h5-8,11-13H,4,9-10H2,1-3H3,(H2,24,25,26,27,31). The summed E-state index contributed by atoms with van der Waals surface area (Å²) in [5.74, 6) is 0.759. The van der Waals surface area contributed by atoms with Gasteiger partial charge < -0.3 is 14.2 Å². The largest absolute Gasteiger partial charge is 0.490 e. The molecule has 2 aromatic rings. The van der Waals surface area contributed by atoms with Crippen LogP contribution in [0.5, 0.6) is 17.2 Å². The predicted octanol–water partition coefficient (Wildman–Crippen LogP) is 3.07. The lowest BCUT2D eigenvalue weighted by Gasteiger charge is -2.17. The summed E-state index contributed by atoms with van der Waals surface area (Å²) < 4.78 is 17.2. The second kappa shape index (κ2) is 10.1. The molecule has 0 aromatic heterocycles. The monoisotopic (exact) mass is 440 g/mol. The highest BCUT2D eigenvalue weighted by Crippen LogP contribution is 2.29. The van der Waals surface area contributed by atoms with Gasteiger partial charge in [-0.05, 0) is 80.0 Å². The van der Waals surface area contributed by atoms with Crippen molar-refractivity contribution in [1.29, 1.82) is 0 Å². The molecular formula is C23H24N2O5S. The zero-order chi connectivity index (χ0) is 22.4. The Labute approximate surface area is 186 Å². The molecule has 0 bridgehead atoms. The number of benzene rings is 2. The van der Waals surface area contributed by atoms with E-state index in [0.717, 1.165) is 5.75 Å². The van der Waals surface area contributed by atoms with Gasteiger partial charge in [0.05, 0.1) is 6.61 Å². The van der Waals surface area contributed by atoms with Crippen LogP contribution < -0.4 is 24.8 Å². The number of carbonyl (C=O) groups excluding carboxylic acids is 2. The summed E-state index contributed by atoms with van der Waals surface area (Å²) in [7, 11) is 0. The fourth-order valence-corrected chi connectivity index (χ4v) is 3.08. The molecule has 0 spiro atoms. The minimum absolute atomic E-state index is 0.00563. The van der Waals surface area contributed by atoms with E-state index in [1.54, 1.807) is 18.2 Å². The average Bonchev–Trinajstić information content (AvgIpc) is 2.72. The van der Waals surface area contributed by atoms with Crippen LogP contribution in [0.2, 0.25) is 0 Å². The molecule has 0 radical (unpaired) electrons. The molecule has 7 nitrogen and oxygen atoms in total. The summed E-state index contributed by atoms with van der Waals surface area (Å²) >= 11 is 4.81. The summed E-state index contributed by atoms with van der Waals surface area (Å²) in [6.07, 6.45) is 1.47. The SMILES string of the molecule is CCOc1cc(C=C2C(=O)NC(=S)NC2=O)ccc1OCCOc1ccc(C)c(C)c1. The third kappa shape index (κ3) is 5.82. The van der Waals surface area contributed by atoms with Crippen molar-refractivity contribution in [1.82, 2.24) is 10.6 Å². The molecule has 2 amide bonds. The lowest BCUT2D eigenvalue weighted by molar-refractivity contribution is -0.123. The number of amides is 2. The van der Waals surface area contributed by atoms with Crippen LogP contribution in [0.25, 0.3) is 6.08 Å². The Morgan fingerprint density at radius 3 is 2.26 bits per heavy atom. The molecule has 0 atom stereocenters. The number of rotatable bonds is 8.